The van der Waals surface area contributed by atoms with E-state index in [1.807, 2.05) is 26.3 Å². The van der Waals surface area contributed by atoms with Crippen LogP contribution in [0.1, 0.15) is 59.9 Å². The molecule has 2 aromatic rings. The standard InChI is InChI=1S/C22H25FN2/c1-14-11-20(23)15(2)10-18(14)22(3)19-12-17(16-6-5-7-16)8-9-21(19)24-13-25(22)4/h8-13,16H,5-7H2,1-4H3. The van der Waals surface area contributed by atoms with Gasteiger partial charge in [-0.15, -0.1) is 0 Å². The van der Waals surface area contributed by atoms with Crippen LogP contribution in [0.15, 0.2) is 35.3 Å². The summed E-state index contributed by atoms with van der Waals surface area (Å²) in [6, 6.07) is 10.4. The van der Waals surface area contributed by atoms with Crippen LogP contribution in [-0.4, -0.2) is 18.3 Å². The summed E-state index contributed by atoms with van der Waals surface area (Å²) in [5.41, 5.74) is 6.12. The summed E-state index contributed by atoms with van der Waals surface area (Å²) in [5, 5.41) is 0. The summed E-state index contributed by atoms with van der Waals surface area (Å²) >= 11 is 0. The third-order valence-electron chi connectivity index (χ3n) is 6.23. The summed E-state index contributed by atoms with van der Waals surface area (Å²) in [6.45, 7) is 6.06. The van der Waals surface area contributed by atoms with Crippen LogP contribution in [0, 0.1) is 19.7 Å². The molecule has 4 rings (SSSR count). The van der Waals surface area contributed by atoms with Crippen LogP contribution in [0.4, 0.5) is 10.1 Å². The van der Waals surface area contributed by atoms with Gasteiger partial charge < -0.3 is 4.90 Å². The average Bonchev–Trinajstić information content (AvgIpc) is 2.53. The zero-order valence-electron chi connectivity index (χ0n) is 15.4. The molecule has 0 radical (unpaired) electrons. The molecule has 1 atom stereocenters. The van der Waals surface area contributed by atoms with E-state index in [1.54, 1.807) is 6.07 Å². The second-order valence-corrected chi connectivity index (χ2v) is 7.75. The molecule has 1 saturated carbocycles. The van der Waals surface area contributed by atoms with Gasteiger partial charge in [0.2, 0.25) is 0 Å². The highest BCUT2D eigenvalue weighted by Crippen LogP contribution is 2.46. The van der Waals surface area contributed by atoms with Gasteiger partial charge in [0.25, 0.3) is 0 Å². The second kappa shape index (κ2) is 5.69. The summed E-state index contributed by atoms with van der Waals surface area (Å²) < 4.78 is 14.0. The highest BCUT2D eigenvalue weighted by Gasteiger charge is 2.39. The number of halogens is 1. The Morgan fingerprint density at radius 1 is 1.08 bits per heavy atom. The first-order valence-electron chi connectivity index (χ1n) is 9.10. The maximum Gasteiger partial charge on any atom is 0.126 e. The van der Waals surface area contributed by atoms with Crippen molar-refractivity contribution < 1.29 is 4.39 Å². The first-order chi connectivity index (χ1) is 11.9. The molecule has 1 aliphatic carbocycles. The first kappa shape index (κ1) is 16.3. The van der Waals surface area contributed by atoms with E-state index in [0.717, 1.165) is 16.8 Å². The Labute approximate surface area is 149 Å². The number of rotatable bonds is 2. The highest BCUT2D eigenvalue weighted by atomic mass is 19.1. The monoisotopic (exact) mass is 336 g/mol. The molecule has 2 aliphatic rings. The number of aryl methyl sites for hydroxylation is 2. The normalized spacial score (nSPS) is 22.7. The van der Waals surface area contributed by atoms with Crippen molar-refractivity contribution in [3.05, 3.63) is 64.0 Å². The minimum Gasteiger partial charge on any atom is -0.352 e. The predicted molar refractivity (Wildman–Crippen MR) is 101 cm³/mol. The number of hydrogen-bond acceptors (Lipinski definition) is 2. The van der Waals surface area contributed by atoms with E-state index in [2.05, 4.69) is 42.1 Å². The van der Waals surface area contributed by atoms with Gasteiger partial charge in [0, 0.05) is 12.6 Å². The Morgan fingerprint density at radius 2 is 1.84 bits per heavy atom. The molecule has 0 spiro atoms. The van der Waals surface area contributed by atoms with E-state index in [-0.39, 0.29) is 11.4 Å². The van der Waals surface area contributed by atoms with Crippen molar-refractivity contribution in [3.63, 3.8) is 0 Å². The molecule has 3 heteroatoms. The maximum atomic E-state index is 14.0. The zero-order chi connectivity index (χ0) is 17.8. The topological polar surface area (TPSA) is 15.6 Å². The molecule has 25 heavy (non-hydrogen) atoms. The van der Waals surface area contributed by atoms with Crippen LogP contribution in [0.2, 0.25) is 0 Å². The maximum absolute atomic E-state index is 14.0. The Balaban J connectivity index is 1.92. The Kier molecular flexibility index (Phi) is 3.71. The molecule has 0 N–H and O–H groups in total. The lowest BCUT2D eigenvalue weighted by molar-refractivity contribution is 0.290. The quantitative estimate of drug-likeness (QED) is 0.699. The second-order valence-electron chi connectivity index (χ2n) is 7.75. The lowest BCUT2D eigenvalue weighted by atomic mass is 9.75. The smallest absolute Gasteiger partial charge is 0.126 e. The lowest BCUT2D eigenvalue weighted by Crippen LogP contribution is -2.44. The molecule has 2 nitrogen and oxygen atoms in total. The molecule has 2 aromatic carbocycles. The number of hydrogen-bond donors (Lipinski definition) is 0. The fourth-order valence-corrected chi connectivity index (χ4v) is 4.15. The highest BCUT2D eigenvalue weighted by molar-refractivity contribution is 5.72. The lowest BCUT2D eigenvalue weighted by Gasteiger charge is -2.43. The predicted octanol–water partition coefficient (Wildman–Crippen LogP) is 5.58. The van der Waals surface area contributed by atoms with Crippen molar-refractivity contribution in [2.24, 2.45) is 4.99 Å². The summed E-state index contributed by atoms with van der Waals surface area (Å²) in [4.78, 5) is 6.79. The molecule has 0 aromatic heterocycles. The number of benzene rings is 2. The van der Waals surface area contributed by atoms with E-state index < -0.39 is 0 Å². The molecule has 1 fully saturated rings. The number of fused-ring (bicyclic) bond motifs is 1. The first-order valence-corrected chi connectivity index (χ1v) is 9.10. The van der Waals surface area contributed by atoms with Gasteiger partial charge in [-0.3, -0.25) is 0 Å². The van der Waals surface area contributed by atoms with Gasteiger partial charge in [0.15, 0.2) is 0 Å². The molecule has 0 saturated heterocycles. The van der Waals surface area contributed by atoms with E-state index in [0.29, 0.717) is 11.5 Å². The minimum atomic E-state index is -0.348. The van der Waals surface area contributed by atoms with Crippen molar-refractivity contribution >= 4 is 12.0 Å². The van der Waals surface area contributed by atoms with Crippen molar-refractivity contribution in [3.8, 4) is 0 Å². The summed E-state index contributed by atoms with van der Waals surface area (Å²) in [5.74, 6) is 0.544. The molecule has 0 amide bonds. The van der Waals surface area contributed by atoms with E-state index in [1.165, 1.54) is 30.4 Å². The molecule has 130 valence electrons. The third-order valence-corrected chi connectivity index (χ3v) is 6.23. The molecule has 1 unspecified atom stereocenters. The SMILES string of the molecule is Cc1cc(C2(C)c3cc(C4CCC4)ccc3N=CN2C)c(C)cc1F. The molecule has 1 aliphatic heterocycles. The number of nitrogens with zero attached hydrogens (tertiary/aromatic N) is 2. The van der Waals surface area contributed by atoms with Crippen molar-refractivity contribution in [2.75, 3.05) is 7.05 Å². The van der Waals surface area contributed by atoms with Gasteiger partial charge in [-0.2, -0.15) is 0 Å². The van der Waals surface area contributed by atoms with Crippen molar-refractivity contribution in [2.45, 2.75) is 51.5 Å². The summed E-state index contributed by atoms with van der Waals surface area (Å²) in [7, 11) is 2.06. The van der Waals surface area contributed by atoms with Gasteiger partial charge in [-0.25, -0.2) is 9.38 Å². The van der Waals surface area contributed by atoms with Gasteiger partial charge in [0.05, 0.1) is 17.6 Å². The van der Waals surface area contributed by atoms with Crippen LogP contribution in [-0.2, 0) is 5.54 Å². The van der Waals surface area contributed by atoms with Crippen LogP contribution < -0.4 is 0 Å². The average molecular weight is 336 g/mol. The zero-order valence-corrected chi connectivity index (χ0v) is 15.4. The fourth-order valence-electron chi connectivity index (χ4n) is 4.15. The van der Waals surface area contributed by atoms with Crippen LogP contribution in [0.3, 0.4) is 0 Å². The van der Waals surface area contributed by atoms with Crippen molar-refractivity contribution in [1.82, 2.24) is 4.90 Å². The summed E-state index contributed by atoms with van der Waals surface area (Å²) in [6.07, 6.45) is 5.78. The molecular weight excluding hydrogens is 311 g/mol. The van der Waals surface area contributed by atoms with Crippen LogP contribution in [0.5, 0.6) is 0 Å². The Morgan fingerprint density at radius 3 is 2.52 bits per heavy atom. The minimum absolute atomic E-state index is 0.138. The van der Waals surface area contributed by atoms with Crippen LogP contribution >= 0.6 is 0 Å². The molecule has 0 bridgehead atoms. The largest absolute Gasteiger partial charge is 0.352 e. The fraction of sp³-hybridized carbons (Fsp3) is 0.409. The van der Waals surface area contributed by atoms with Crippen LogP contribution in [0.25, 0.3) is 0 Å². The Bertz CT molecular complexity index is 867. The van der Waals surface area contributed by atoms with Gasteiger partial charge >= 0.3 is 0 Å². The molecular formula is C22H25FN2. The van der Waals surface area contributed by atoms with Crippen molar-refractivity contribution in [1.29, 1.82) is 0 Å². The van der Waals surface area contributed by atoms with Gasteiger partial charge in [-0.05, 0) is 73.9 Å². The molecule has 1 heterocycles. The van der Waals surface area contributed by atoms with E-state index in [4.69, 9.17) is 0 Å². The van der Waals surface area contributed by atoms with E-state index in [9.17, 15) is 4.39 Å². The van der Waals surface area contributed by atoms with Gasteiger partial charge in [0.1, 0.15) is 5.82 Å². The third kappa shape index (κ3) is 2.40. The van der Waals surface area contributed by atoms with E-state index >= 15 is 0 Å². The Hall–Kier alpha value is -2.16. The number of aliphatic imine (C=N–C) groups is 1. The van der Waals surface area contributed by atoms with Gasteiger partial charge in [-0.1, -0.05) is 24.6 Å².